The topological polar surface area (TPSA) is 0 Å². The molecule has 0 N–H and O–H groups in total. The molecule has 96 valence electrons. The van der Waals surface area contributed by atoms with Crippen molar-refractivity contribution >= 4 is 20.1 Å². The molecule has 0 aliphatic rings. The summed E-state index contributed by atoms with van der Waals surface area (Å²) < 4.78 is 0. The van der Waals surface area contributed by atoms with Crippen LogP contribution in [-0.2, 0) is 0 Å². The predicted octanol–water partition coefficient (Wildman–Crippen LogP) is 5.13. The third-order valence-electron chi connectivity index (χ3n) is 4.39. The smallest absolute Gasteiger partial charge is 0.143 e. The zero-order valence-corrected chi connectivity index (χ0v) is 13.1. The standard InChI is InChI=1S/C14H31B3/c1-7-15(8-2)13-14(16(9-3)10-4)17(11-5)12-6/h13H,7-12H2,1-6H3. The number of hydrogen-bond donors (Lipinski definition) is 0. The lowest BCUT2D eigenvalue weighted by Gasteiger charge is -2.22. The largest absolute Gasteiger partial charge is 0.163 e. The molecule has 0 radical (unpaired) electrons. The van der Waals surface area contributed by atoms with Crippen molar-refractivity contribution in [2.75, 3.05) is 0 Å². The highest BCUT2D eigenvalue weighted by Gasteiger charge is 2.24. The van der Waals surface area contributed by atoms with E-state index >= 15 is 0 Å². The summed E-state index contributed by atoms with van der Waals surface area (Å²) >= 11 is 0. The van der Waals surface area contributed by atoms with Gasteiger partial charge in [0.15, 0.2) is 20.1 Å². The van der Waals surface area contributed by atoms with Gasteiger partial charge in [0, 0.05) is 0 Å². The molecule has 0 saturated carbocycles. The summed E-state index contributed by atoms with van der Waals surface area (Å²) in [5.41, 5.74) is 0. The molecule has 0 aliphatic carbocycles. The van der Waals surface area contributed by atoms with Crippen LogP contribution in [0.2, 0.25) is 37.9 Å². The molecule has 0 amide bonds. The molecular formula is C14H31B3. The van der Waals surface area contributed by atoms with Gasteiger partial charge >= 0.3 is 0 Å². The first kappa shape index (κ1) is 16.9. The van der Waals surface area contributed by atoms with E-state index in [-0.39, 0.29) is 0 Å². The lowest BCUT2D eigenvalue weighted by atomic mass is 9.20. The molecule has 0 aromatic heterocycles. The van der Waals surface area contributed by atoms with Crippen LogP contribution < -0.4 is 0 Å². The second-order valence-corrected chi connectivity index (χ2v) is 5.27. The van der Waals surface area contributed by atoms with Crippen molar-refractivity contribution in [3.8, 4) is 0 Å². The minimum absolute atomic E-state index is 0.797. The van der Waals surface area contributed by atoms with Crippen LogP contribution in [-0.4, -0.2) is 20.1 Å². The molecule has 0 aliphatic heterocycles. The molecule has 0 nitrogen and oxygen atoms in total. The Kier molecular flexibility index (Phi) is 9.88. The van der Waals surface area contributed by atoms with Gasteiger partial charge in [-0.3, -0.25) is 0 Å². The summed E-state index contributed by atoms with van der Waals surface area (Å²) in [4.78, 5) is 0. The molecule has 0 atom stereocenters. The lowest BCUT2D eigenvalue weighted by molar-refractivity contribution is 1.28. The van der Waals surface area contributed by atoms with Crippen LogP contribution in [0.5, 0.6) is 0 Å². The predicted molar refractivity (Wildman–Crippen MR) is 88.2 cm³/mol. The van der Waals surface area contributed by atoms with E-state index in [1.807, 2.05) is 0 Å². The van der Waals surface area contributed by atoms with Crippen LogP contribution in [0.4, 0.5) is 0 Å². The van der Waals surface area contributed by atoms with Crippen molar-refractivity contribution in [1.82, 2.24) is 0 Å². The average molecular weight is 232 g/mol. The van der Waals surface area contributed by atoms with Crippen molar-refractivity contribution in [2.45, 2.75) is 79.5 Å². The van der Waals surface area contributed by atoms with Gasteiger partial charge in [-0.15, -0.1) is 11.3 Å². The second kappa shape index (κ2) is 9.91. The summed E-state index contributed by atoms with van der Waals surface area (Å²) in [5, 5.41) is 1.77. The van der Waals surface area contributed by atoms with Gasteiger partial charge < -0.3 is 0 Å². The Hall–Kier alpha value is -0.0652. The first-order chi connectivity index (χ1) is 8.18. The zero-order chi connectivity index (χ0) is 13.3. The SMILES string of the molecule is CCB(C=C(B(CC)CC)B(CC)CC)CC. The highest BCUT2D eigenvalue weighted by Crippen LogP contribution is 2.20. The van der Waals surface area contributed by atoms with Gasteiger partial charge in [-0.05, 0) is 0 Å². The fourth-order valence-corrected chi connectivity index (χ4v) is 2.92. The summed E-state index contributed by atoms with van der Waals surface area (Å²) in [7, 11) is 0. The van der Waals surface area contributed by atoms with E-state index in [2.05, 4.69) is 47.5 Å². The molecule has 0 aromatic rings. The van der Waals surface area contributed by atoms with Crippen molar-refractivity contribution in [1.29, 1.82) is 0 Å². The van der Waals surface area contributed by atoms with Crippen LogP contribution in [0.15, 0.2) is 11.3 Å². The van der Waals surface area contributed by atoms with Gasteiger partial charge in [-0.1, -0.05) is 79.5 Å². The lowest BCUT2D eigenvalue weighted by Crippen LogP contribution is -2.29. The van der Waals surface area contributed by atoms with E-state index in [1.165, 1.54) is 37.9 Å². The fraction of sp³-hybridized carbons (Fsp3) is 0.857. The maximum absolute atomic E-state index is 2.63. The Labute approximate surface area is 111 Å². The van der Waals surface area contributed by atoms with Crippen molar-refractivity contribution in [3.63, 3.8) is 0 Å². The average Bonchev–Trinajstić information content (AvgIpc) is 2.37. The van der Waals surface area contributed by atoms with E-state index in [4.69, 9.17) is 0 Å². The molecule has 0 saturated heterocycles. The van der Waals surface area contributed by atoms with Crippen molar-refractivity contribution in [2.24, 2.45) is 0 Å². The van der Waals surface area contributed by atoms with Gasteiger partial charge in [0.25, 0.3) is 0 Å². The Morgan fingerprint density at radius 2 is 1.00 bits per heavy atom. The highest BCUT2D eigenvalue weighted by atomic mass is 13.8. The third-order valence-corrected chi connectivity index (χ3v) is 4.39. The highest BCUT2D eigenvalue weighted by molar-refractivity contribution is 6.90. The van der Waals surface area contributed by atoms with E-state index < -0.39 is 0 Å². The minimum atomic E-state index is 0.797. The number of rotatable bonds is 9. The van der Waals surface area contributed by atoms with E-state index in [9.17, 15) is 0 Å². The molecule has 0 bridgehead atoms. The quantitative estimate of drug-likeness (QED) is 0.483. The monoisotopic (exact) mass is 232 g/mol. The third kappa shape index (κ3) is 5.40. The van der Waals surface area contributed by atoms with E-state index in [0.717, 1.165) is 20.1 Å². The molecule has 0 fully saturated rings. The molecule has 0 unspecified atom stereocenters. The summed E-state index contributed by atoms with van der Waals surface area (Å²) in [6.45, 7) is 16.5. The van der Waals surface area contributed by atoms with Gasteiger partial charge in [0.05, 0.1) is 0 Å². The maximum atomic E-state index is 2.63. The molecule has 0 heterocycles. The zero-order valence-electron chi connectivity index (χ0n) is 13.1. The molecule has 0 rings (SSSR count). The van der Waals surface area contributed by atoms with E-state index in [0.29, 0.717) is 0 Å². The van der Waals surface area contributed by atoms with Crippen molar-refractivity contribution in [3.05, 3.63) is 11.3 Å². The van der Waals surface area contributed by atoms with Gasteiger partial charge in [-0.2, -0.15) is 0 Å². The Morgan fingerprint density at radius 3 is 1.24 bits per heavy atom. The fourth-order valence-electron chi connectivity index (χ4n) is 2.92. The van der Waals surface area contributed by atoms with Crippen LogP contribution >= 0.6 is 0 Å². The van der Waals surface area contributed by atoms with E-state index in [1.54, 1.807) is 5.37 Å². The molecule has 17 heavy (non-hydrogen) atoms. The number of hydrogen-bond acceptors (Lipinski definition) is 0. The van der Waals surface area contributed by atoms with Gasteiger partial charge in [-0.25, -0.2) is 0 Å². The summed E-state index contributed by atoms with van der Waals surface area (Å²) in [6, 6.07) is 0. The molecular weight excluding hydrogens is 201 g/mol. The second-order valence-electron chi connectivity index (χ2n) is 5.27. The first-order valence-corrected chi connectivity index (χ1v) is 7.89. The van der Waals surface area contributed by atoms with Crippen LogP contribution in [0, 0.1) is 0 Å². The summed E-state index contributed by atoms with van der Waals surface area (Å²) in [6.07, 6.45) is 7.80. The van der Waals surface area contributed by atoms with Crippen LogP contribution in [0.3, 0.4) is 0 Å². The summed E-state index contributed by atoms with van der Waals surface area (Å²) in [5.74, 6) is 2.63. The molecule has 0 spiro atoms. The van der Waals surface area contributed by atoms with Crippen LogP contribution in [0.25, 0.3) is 0 Å². The maximum Gasteiger partial charge on any atom is 0.163 e. The minimum Gasteiger partial charge on any atom is -0.143 e. The Bertz CT molecular complexity index is 188. The van der Waals surface area contributed by atoms with Crippen LogP contribution in [0.1, 0.15) is 41.5 Å². The normalized spacial score (nSPS) is 10.0. The molecule has 0 aromatic carbocycles. The Balaban J connectivity index is 5.05. The van der Waals surface area contributed by atoms with Gasteiger partial charge in [0.1, 0.15) is 0 Å². The van der Waals surface area contributed by atoms with Gasteiger partial charge in [0.2, 0.25) is 0 Å². The first-order valence-electron chi connectivity index (χ1n) is 7.89. The molecule has 3 heteroatoms. The Morgan fingerprint density at radius 1 is 0.647 bits per heavy atom. The van der Waals surface area contributed by atoms with Crippen molar-refractivity contribution < 1.29 is 0 Å².